The van der Waals surface area contributed by atoms with E-state index in [0.29, 0.717) is 25.7 Å². The summed E-state index contributed by atoms with van der Waals surface area (Å²) in [4.78, 5) is 4.25. The Kier molecular flexibility index (Phi) is 5.77. The summed E-state index contributed by atoms with van der Waals surface area (Å²) in [5.41, 5.74) is 7.82. The van der Waals surface area contributed by atoms with Gasteiger partial charge in [-0.05, 0) is 31.5 Å². The summed E-state index contributed by atoms with van der Waals surface area (Å²) >= 11 is 0. The Hall–Kier alpha value is -1.97. The van der Waals surface area contributed by atoms with Gasteiger partial charge in [0.25, 0.3) is 0 Å². The van der Waals surface area contributed by atoms with Crippen molar-refractivity contribution in [3.63, 3.8) is 0 Å². The molecule has 0 aromatic heterocycles. The predicted octanol–water partition coefficient (Wildman–Crippen LogP) is 2.07. The molecule has 0 heterocycles. The number of nitrogens with zero attached hydrogens (tertiary/aromatic N) is 1. The number of rotatable bonds is 6. The van der Waals surface area contributed by atoms with Crippen molar-refractivity contribution in [1.82, 2.24) is 5.32 Å². The molecule has 1 aromatic carbocycles. The van der Waals surface area contributed by atoms with Gasteiger partial charge in [-0.15, -0.1) is 0 Å². The van der Waals surface area contributed by atoms with Crippen LogP contribution in [-0.2, 0) is 6.54 Å². The molecule has 4 nitrogen and oxygen atoms in total. The number of benzene rings is 1. The number of ether oxygens (including phenoxy) is 1. The minimum Gasteiger partial charge on any atom is -0.494 e. The first kappa shape index (κ1) is 14.1. The quantitative estimate of drug-likeness (QED) is 0.459. The van der Waals surface area contributed by atoms with E-state index in [1.54, 1.807) is 0 Å². The maximum absolute atomic E-state index is 5.73. The van der Waals surface area contributed by atoms with Crippen LogP contribution in [-0.4, -0.2) is 19.1 Å². The molecule has 0 unspecified atom stereocenters. The van der Waals surface area contributed by atoms with Gasteiger partial charge in [0.1, 0.15) is 5.75 Å². The fourth-order valence-corrected chi connectivity index (χ4v) is 1.37. The Balaban J connectivity index is 2.53. The van der Waals surface area contributed by atoms with Crippen molar-refractivity contribution >= 4 is 5.96 Å². The summed E-state index contributed by atoms with van der Waals surface area (Å²) in [7, 11) is 0. The number of nitrogens with two attached hydrogens (primary N) is 1. The first-order chi connectivity index (χ1) is 8.61. The average molecular weight is 247 g/mol. The third-order valence-electron chi connectivity index (χ3n) is 2.21. The molecular formula is C14H21N3O. The zero-order valence-corrected chi connectivity index (χ0v) is 11.1. The predicted molar refractivity (Wildman–Crippen MR) is 75.8 cm³/mol. The molecule has 0 saturated heterocycles. The minimum atomic E-state index is 0.430. The first-order valence-corrected chi connectivity index (χ1v) is 6.01. The summed E-state index contributed by atoms with van der Waals surface area (Å²) in [6.45, 7) is 9.53. The second kappa shape index (κ2) is 7.37. The van der Waals surface area contributed by atoms with E-state index in [9.17, 15) is 0 Å². The second-order valence-electron chi connectivity index (χ2n) is 4.09. The topological polar surface area (TPSA) is 59.6 Å². The van der Waals surface area contributed by atoms with E-state index in [2.05, 4.69) is 16.9 Å². The third-order valence-corrected chi connectivity index (χ3v) is 2.21. The number of guanidine groups is 1. The molecule has 4 heteroatoms. The van der Waals surface area contributed by atoms with Crippen LogP contribution in [0.3, 0.4) is 0 Å². The van der Waals surface area contributed by atoms with Crippen molar-refractivity contribution in [3.8, 4) is 5.75 Å². The molecule has 0 fully saturated rings. The van der Waals surface area contributed by atoms with E-state index < -0.39 is 0 Å². The van der Waals surface area contributed by atoms with Crippen LogP contribution in [0, 0.1) is 0 Å². The van der Waals surface area contributed by atoms with Crippen LogP contribution in [0.2, 0.25) is 0 Å². The second-order valence-corrected chi connectivity index (χ2v) is 4.09. The molecule has 18 heavy (non-hydrogen) atoms. The average Bonchev–Trinajstić information content (AvgIpc) is 2.35. The molecule has 1 aromatic rings. The minimum absolute atomic E-state index is 0.430. The monoisotopic (exact) mass is 247 g/mol. The standard InChI is InChI=1S/C14H21N3O/c1-4-18-13-7-5-6-12(8-13)10-17-14(15)16-9-11(2)3/h5-8H,2,4,9-10H2,1,3H3,(H3,15,16,17). The summed E-state index contributed by atoms with van der Waals surface area (Å²) in [5.74, 6) is 1.29. The molecule has 1 rings (SSSR count). The van der Waals surface area contributed by atoms with Crippen LogP contribution in [0.25, 0.3) is 0 Å². The largest absolute Gasteiger partial charge is 0.494 e. The number of hydrogen-bond donors (Lipinski definition) is 2. The smallest absolute Gasteiger partial charge is 0.189 e. The summed E-state index contributed by atoms with van der Waals surface area (Å²) < 4.78 is 5.43. The van der Waals surface area contributed by atoms with Crippen molar-refractivity contribution in [2.24, 2.45) is 10.7 Å². The lowest BCUT2D eigenvalue weighted by Gasteiger charge is -2.06. The summed E-state index contributed by atoms with van der Waals surface area (Å²) in [6.07, 6.45) is 0. The maximum Gasteiger partial charge on any atom is 0.189 e. The van der Waals surface area contributed by atoms with E-state index in [0.717, 1.165) is 16.9 Å². The van der Waals surface area contributed by atoms with Gasteiger partial charge in [-0.2, -0.15) is 0 Å². The van der Waals surface area contributed by atoms with Gasteiger partial charge in [0.2, 0.25) is 0 Å². The van der Waals surface area contributed by atoms with E-state index in [4.69, 9.17) is 10.5 Å². The molecule has 0 aliphatic rings. The van der Waals surface area contributed by atoms with Crippen LogP contribution in [0.15, 0.2) is 41.4 Å². The number of hydrogen-bond acceptors (Lipinski definition) is 2. The lowest BCUT2D eigenvalue weighted by atomic mass is 10.2. The van der Waals surface area contributed by atoms with Crippen LogP contribution in [0.4, 0.5) is 0 Å². The van der Waals surface area contributed by atoms with E-state index >= 15 is 0 Å². The van der Waals surface area contributed by atoms with Crippen LogP contribution in [0.1, 0.15) is 19.4 Å². The van der Waals surface area contributed by atoms with Gasteiger partial charge in [-0.1, -0.05) is 24.3 Å². The molecule has 3 N–H and O–H groups in total. The lowest BCUT2D eigenvalue weighted by molar-refractivity contribution is 0.340. The van der Waals surface area contributed by atoms with Gasteiger partial charge in [-0.25, -0.2) is 4.99 Å². The number of nitrogens with one attached hydrogen (secondary N) is 1. The highest BCUT2D eigenvalue weighted by Crippen LogP contribution is 2.13. The van der Waals surface area contributed by atoms with E-state index in [-0.39, 0.29) is 0 Å². The molecule has 98 valence electrons. The van der Waals surface area contributed by atoms with Gasteiger partial charge in [0.15, 0.2) is 5.96 Å². The highest BCUT2D eigenvalue weighted by Gasteiger charge is 1.96. The normalized spacial score (nSPS) is 11.1. The lowest BCUT2D eigenvalue weighted by Crippen LogP contribution is -2.32. The Morgan fingerprint density at radius 3 is 2.94 bits per heavy atom. The molecule has 0 aliphatic carbocycles. The number of aliphatic imine (C=N–C) groups is 1. The van der Waals surface area contributed by atoms with Crippen molar-refractivity contribution in [2.75, 3.05) is 13.2 Å². The Morgan fingerprint density at radius 2 is 2.28 bits per heavy atom. The molecule has 0 radical (unpaired) electrons. The van der Waals surface area contributed by atoms with Gasteiger partial charge in [0, 0.05) is 6.54 Å². The van der Waals surface area contributed by atoms with Crippen LogP contribution < -0.4 is 15.8 Å². The van der Waals surface area contributed by atoms with Crippen molar-refractivity contribution in [2.45, 2.75) is 20.4 Å². The maximum atomic E-state index is 5.73. The summed E-state index contributed by atoms with van der Waals surface area (Å²) in [5, 5.41) is 2.99. The summed E-state index contributed by atoms with van der Waals surface area (Å²) in [6, 6.07) is 7.85. The van der Waals surface area contributed by atoms with Crippen molar-refractivity contribution in [1.29, 1.82) is 0 Å². The molecule has 0 amide bonds. The van der Waals surface area contributed by atoms with Gasteiger partial charge in [0.05, 0.1) is 13.2 Å². The van der Waals surface area contributed by atoms with Crippen LogP contribution in [0.5, 0.6) is 5.75 Å². The molecule has 0 aliphatic heterocycles. The Labute approximate surface area is 109 Å². The molecule has 0 saturated carbocycles. The van der Waals surface area contributed by atoms with E-state index in [1.165, 1.54) is 0 Å². The van der Waals surface area contributed by atoms with Gasteiger partial charge >= 0.3 is 0 Å². The fraction of sp³-hybridized carbons (Fsp3) is 0.357. The third kappa shape index (κ3) is 5.39. The van der Waals surface area contributed by atoms with Crippen LogP contribution >= 0.6 is 0 Å². The fourth-order valence-electron chi connectivity index (χ4n) is 1.37. The van der Waals surface area contributed by atoms with E-state index in [1.807, 2.05) is 38.1 Å². The Morgan fingerprint density at radius 1 is 1.50 bits per heavy atom. The zero-order chi connectivity index (χ0) is 13.4. The zero-order valence-electron chi connectivity index (χ0n) is 11.1. The van der Waals surface area contributed by atoms with Gasteiger partial charge < -0.3 is 15.8 Å². The highest BCUT2D eigenvalue weighted by atomic mass is 16.5. The molecule has 0 atom stereocenters. The molecular weight excluding hydrogens is 226 g/mol. The molecule has 0 spiro atoms. The van der Waals surface area contributed by atoms with Gasteiger partial charge in [-0.3, -0.25) is 0 Å². The SMILES string of the molecule is C=C(C)CNC(N)=NCc1cccc(OCC)c1. The Bertz CT molecular complexity index is 427. The molecule has 0 bridgehead atoms. The van der Waals surface area contributed by atoms with Crippen molar-refractivity contribution in [3.05, 3.63) is 42.0 Å². The highest BCUT2D eigenvalue weighted by molar-refractivity contribution is 5.78. The van der Waals surface area contributed by atoms with Crippen molar-refractivity contribution < 1.29 is 4.74 Å². The first-order valence-electron chi connectivity index (χ1n) is 6.01.